The van der Waals surface area contributed by atoms with Crippen LogP contribution in [0.15, 0.2) is 58.3 Å². The van der Waals surface area contributed by atoms with Crippen LogP contribution in [0.4, 0.5) is 0 Å². The molecule has 13 nitrogen and oxygen atoms in total. The van der Waals surface area contributed by atoms with Gasteiger partial charge in [0.2, 0.25) is 0 Å². The van der Waals surface area contributed by atoms with Crippen molar-refractivity contribution in [2.45, 2.75) is 61.2 Å². The van der Waals surface area contributed by atoms with Crippen molar-refractivity contribution >= 4 is 43.9 Å². The Labute approximate surface area is 253 Å². The largest absolute Gasteiger partial charge is 1.00 e. The maximum atomic E-state index is 12.2. The summed E-state index contributed by atoms with van der Waals surface area (Å²) in [5.74, 6) is -4.27. The van der Waals surface area contributed by atoms with Gasteiger partial charge in [0.05, 0.1) is 11.1 Å². The molecule has 2 aromatic rings. The third-order valence-electron chi connectivity index (χ3n) is 4.99. The van der Waals surface area contributed by atoms with Crippen molar-refractivity contribution in [1.29, 1.82) is 0 Å². The zero-order valence-electron chi connectivity index (χ0n) is 21.6. The minimum atomic E-state index is -4.73. The number of carbonyl (C=O) groups is 4. The fourth-order valence-corrected chi connectivity index (χ4v) is 5.83. The molecule has 0 atom stereocenters. The SMILES string of the molecule is O=C(O)CCCCCCCCC(=O)O.O=C(O)c1cccc(S(=O)(=O)[N-]S(=O)(=O)c2cccc(C(=O)O)c2)c1.[Na+]. The average Bonchev–Trinajstić information content (AvgIpc) is 2.85. The van der Waals surface area contributed by atoms with Crippen LogP contribution in [0.25, 0.3) is 4.13 Å². The molecular weight excluding hydrogens is 581 g/mol. The van der Waals surface area contributed by atoms with E-state index in [1.54, 1.807) is 0 Å². The minimum Gasteiger partial charge on any atom is -0.481 e. The quantitative estimate of drug-likeness (QED) is 0.162. The van der Waals surface area contributed by atoms with E-state index >= 15 is 0 Å². The van der Waals surface area contributed by atoms with Crippen LogP contribution in [0.1, 0.15) is 72.1 Å². The Bertz CT molecular complexity index is 1290. The second-order valence-corrected chi connectivity index (χ2v) is 11.5. The fraction of sp³-hybridized carbons (Fsp3) is 0.333. The molecule has 0 aliphatic rings. The van der Waals surface area contributed by atoms with Gasteiger partial charge in [-0.3, -0.25) is 9.59 Å². The standard InChI is InChI=1S/C14H10NO8S2.C10H18O4.Na/c16-13(17)9-3-1-5-11(7-9)24(20,21)15-25(22,23)12-6-2-4-10(8-12)14(18)19;11-9(12)7-5-3-1-2-4-6-8-10(13)14;/h1-8H,(H,16,17)(H,18,19);1-8H2,(H,11,12)(H,13,14);/q-1;;+1. The Hall–Kier alpha value is -2.82. The monoisotopic (exact) mass is 609 g/mol. The average molecular weight is 610 g/mol. The van der Waals surface area contributed by atoms with Gasteiger partial charge in [-0.15, -0.1) is 0 Å². The molecule has 40 heavy (non-hydrogen) atoms. The third-order valence-corrected chi connectivity index (χ3v) is 8.25. The van der Waals surface area contributed by atoms with Crippen LogP contribution < -0.4 is 29.6 Å². The molecular formula is C24H28NNaO12S2. The van der Waals surface area contributed by atoms with E-state index in [1.165, 1.54) is 0 Å². The molecule has 0 aliphatic carbocycles. The van der Waals surface area contributed by atoms with E-state index < -0.39 is 53.7 Å². The van der Waals surface area contributed by atoms with Gasteiger partial charge in [-0.25, -0.2) is 26.4 Å². The molecule has 0 bridgehead atoms. The van der Waals surface area contributed by atoms with E-state index in [0.717, 1.165) is 87.1 Å². The van der Waals surface area contributed by atoms with Crippen LogP contribution in [0.3, 0.4) is 0 Å². The summed E-state index contributed by atoms with van der Waals surface area (Å²) in [7, 11) is -9.46. The second kappa shape index (κ2) is 17.8. The van der Waals surface area contributed by atoms with Gasteiger partial charge in [0.25, 0.3) is 0 Å². The number of aliphatic carboxylic acids is 2. The minimum absolute atomic E-state index is 0. The molecule has 0 aliphatic heterocycles. The van der Waals surface area contributed by atoms with Crippen molar-refractivity contribution in [2.24, 2.45) is 0 Å². The topological polar surface area (TPSA) is 232 Å². The van der Waals surface area contributed by atoms with Gasteiger partial charge in [0.15, 0.2) is 0 Å². The van der Waals surface area contributed by atoms with Crippen molar-refractivity contribution in [3.63, 3.8) is 0 Å². The van der Waals surface area contributed by atoms with Crippen LogP contribution in [0, 0.1) is 0 Å². The number of rotatable bonds is 15. The zero-order valence-corrected chi connectivity index (χ0v) is 25.2. The molecule has 0 spiro atoms. The molecule has 0 amide bonds. The Balaban J connectivity index is 0.000000871. The summed E-state index contributed by atoms with van der Waals surface area (Å²) in [5, 5.41) is 34.4. The summed E-state index contributed by atoms with van der Waals surface area (Å²) < 4.78 is 51.5. The van der Waals surface area contributed by atoms with Gasteiger partial charge in [0, 0.05) is 22.6 Å². The second-order valence-electron chi connectivity index (χ2n) is 8.10. The molecule has 0 fully saturated rings. The first-order valence-corrected chi connectivity index (χ1v) is 14.4. The summed E-state index contributed by atoms with van der Waals surface area (Å²) in [5.41, 5.74) is -0.719. The number of unbranched alkanes of at least 4 members (excludes halogenated alkanes) is 5. The molecule has 0 saturated heterocycles. The number of hydrogen-bond acceptors (Lipinski definition) is 8. The Kier molecular flexibility index (Phi) is 16.5. The number of aromatic carboxylic acids is 2. The molecule has 0 heterocycles. The number of benzene rings is 2. The van der Waals surface area contributed by atoms with Crippen molar-refractivity contribution in [1.82, 2.24) is 0 Å². The number of carboxylic acids is 4. The van der Waals surface area contributed by atoms with Crippen LogP contribution in [-0.2, 0) is 29.6 Å². The van der Waals surface area contributed by atoms with Gasteiger partial charge in [0.1, 0.15) is 20.0 Å². The summed E-state index contributed by atoms with van der Waals surface area (Å²) >= 11 is 0. The van der Waals surface area contributed by atoms with Gasteiger partial charge in [-0.05, 0) is 49.2 Å². The normalized spacial score (nSPS) is 10.9. The zero-order chi connectivity index (χ0) is 29.6. The predicted molar refractivity (Wildman–Crippen MR) is 137 cm³/mol. The van der Waals surface area contributed by atoms with Crippen LogP contribution in [0.2, 0.25) is 0 Å². The number of hydrogen-bond donors (Lipinski definition) is 4. The third kappa shape index (κ3) is 14.0. The van der Waals surface area contributed by atoms with E-state index in [-0.39, 0.29) is 53.5 Å². The molecule has 0 aromatic heterocycles. The number of nitrogens with zero attached hydrogens (tertiary/aromatic N) is 1. The first kappa shape index (κ1) is 37.2. The van der Waals surface area contributed by atoms with Crippen LogP contribution in [0.5, 0.6) is 0 Å². The summed E-state index contributed by atoms with van der Waals surface area (Å²) in [4.78, 5) is 40.8. The van der Waals surface area contributed by atoms with E-state index in [1.807, 2.05) is 0 Å². The number of carboxylic acid groups (broad SMARTS) is 4. The van der Waals surface area contributed by atoms with E-state index in [4.69, 9.17) is 20.4 Å². The Morgan fingerprint density at radius 3 is 1.20 bits per heavy atom. The van der Waals surface area contributed by atoms with Crippen molar-refractivity contribution < 1.29 is 86.0 Å². The molecule has 214 valence electrons. The molecule has 0 saturated carbocycles. The van der Waals surface area contributed by atoms with Crippen molar-refractivity contribution in [3.05, 3.63) is 63.8 Å². The van der Waals surface area contributed by atoms with Gasteiger partial charge in [-0.2, -0.15) is 0 Å². The molecule has 0 radical (unpaired) electrons. The van der Waals surface area contributed by atoms with Crippen molar-refractivity contribution in [3.8, 4) is 0 Å². The summed E-state index contributed by atoms with van der Waals surface area (Å²) in [6.07, 6.45) is 5.82. The first-order valence-electron chi connectivity index (χ1n) is 11.5. The van der Waals surface area contributed by atoms with Crippen molar-refractivity contribution in [2.75, 3.05) is 0 Å². The molecule has 2 aromatic carbocycles. The smallest absolute Gasteiger partial charge is 0.481 e. The maximum absolute atomic E-state index is 12.2. The molecule has 16 heteroatoms. The first-order chi connectivity index (χ1) is 18.2. The summed E-state index contributed by atoms with van der Waals surface area (Å²) in [6, 6.07) is 8.04. The number of sulfonamides is 2. The van der Waals surface area contributed by atoms with Crippen LogP contribution >= 0.6 is 0 Å². The van der Waals surface area contributed by atoms with Gasteiger partial charge < -0.3 is 24.6 Å². The van der Waals surface area contributed by atoms with E-state index in [2.05, 4.69) is 4.13 Å². The maximum Gasteiger partial charge on any atom is 1.00 e. The molecule has 4 N–H and O–H groups in total. The van der Waals surface area contributed by atoms with Gasteiger partial charge >= 0.3 is 53.4 Å². The molecule has 2 rings (SSSR count). The van der Waals surface area contributed by atoms with Crippen LogP contribution in [-0.4, -0.2) is 61.1 Å². The van der Waals surface area contributed by atoms with E-state index in [9.17, 15) is 36.0 Å². The molecule has 0 unspecified atom stereocenters. The Morgan fingerprint density at radius 1 is 0.575 bits per heavy atom. The Morgan fingerprint density at radius 2 is 0.900 bits per heavy atom. The predicted octanol–water partition coefficient (Wildman–Crippen LogP) is 0.815. The fourth-order valence-electron chi connectivity index (χ4n) is 3.05. The van der Waals surface area contributed by atoms with E-state index in [0.29, 0.717) is 0 Å². The summed E-state index contributed by atoms with van der Waals surface area (Å²) in [6.45, 7) is 0. The van der Waals surface area contributed by atoms with Gasteiger partial charge in [-0.1, -0.05) is 37.8 Å².